The Morgan fingerprint density at radius 2 is 2.07 bits per heavy atom. The Balaban J connectivity index is 1.52. The Morgan fingerprint density at radius 3 is 2.75 bits per heavy atom. The van der Waals surface area contributed by atoms with Gasteiger partial charge in [-0.15, -0.1) is 4.72 Å². The molecule has 5 nitrogen and oxygen atoms in total. The molecule has 1 aliphatic heterocycles. The molecule has 0 aromatic heterocycles. The number of hydrogen-bond acceptors (Lipinski definition) is 5. The molecule has 2 aromatic rings. The number of halogens is 1. The predicted molar refractivity (Wildman–Crippen MR) is 107 cm³/mol. The van der Waals surface area contributed by atoms with E-state index in [2.05, 4.69) is 21.8 Å². The number of benzene rings is 2. The largest absolute Gasteiger partial charge is 0.593 e. The molecule has 28 heavy (non-hydrogen) atoms. The molecule has 2 aromatic carbocycles. The average Bonchev–Trinajstić information content (AvgIpc) is 3.10. The summed E-state index contributed by atoms with van der Waals surface area (Å²) in [5, 5.41) is 8.92. The van der Waals surface area contributed by atoms with Crippen molar-refractivity contribution >= 4 is 11.4 Å². The fourth-order valence-corrected chi connectivity index (χ4v) is 4.25. The maximum absolute atomic E-state index is 13.4. The average molecular weight is 402 g/mol. The van der Waals surface area contributed by atoms with Gasteiger partial charge in [-0.3, -0.25) is 4.90 Å². The summed E-state index contributed by atoms with van der Waals surface area (Å²) in [5.74, 6) is 0.270. The second kappa shape index (κ2) is 9.39. The first-order valence-corrected chi connectivity index (χ1v) is 10.4. The molecule has 1 fully saturated rings. The van der Waals surface area contributed by atoms with E-state index in [1.807, 2.05) is 26.0 Å². The number of nitrogens with zero attached hydrogens (tertiary/aromatic N) is 2. The minimum Gasteiger partial charge on any atom is -0.593 e. The lowest BCUT2D eigenvalue weighted by Gasteiger charge is -2.18. The van der Waals surface area contributed by atoms with Gasteiger partial charge in [-0.1, -0.05) is 12.1 Å². The molecule has 0 bridgehead atoms. The summed E-state index contributed by atoms with van der Waals surface area (Å²) in [7, 11) is 0. The molecule has 0 amide bonds. The summed E-state index contributed by atoms with van der Waals surface area (Å²) in [4.78, 5) is 2.72. The first kappa shape index (κ1) is 20.6. The molecule has 0 spiro atoms. The number of nitriles is 1. The number of hydrogen-bond donors (Lipinski definition) is 1. The zero-order chi connectivity index (χ0) is 20.1. The molecular weight excluding hydrogens is 377 g/mol. The van der Waals surface area contributed by atoms with Crippen molar-refractivity contribution in [3.8, 4) is 11.8 Å². The lowest BCUT2D eigenvalue weighted by molar-refractivity contribution is 0.242. The Bertz CT molecular complexity index is 839. The summed E-state index contributed by atoms with van der Waals surface area (Å²) in [5.41, 5.74) is 1.11. The van der Waals surface area contributed by atoms with Gasteiger partial charge in [0.25, 0.3) is 0 Å². The molecule has 148 valence electrons. The van der Waals surface area contributed by atoms with E-state index in [1.54, 1.807) is 6.07 Å². The summed E-state index contributed by atoms with van der Waals surface area (Å²) in [6, 6.07) is 13.9. The van der Waals surface area contributed by atoms with Gasteiger partial charge in [0.2, 0.25) is 0 Å². The highest BCUT2D eigenvalue weighted by molar-refractivity contribution is 7.89. The van der Waals surface area contributed by atoms with Crippen LogP contribution in [-0.2, 0) is 17.9 Å². The maximum Gasteiger partial charge on any atom is 0.175 e. The van der Waals surface area contributed by atoms with Crippen LogP contribution in [0.5, 0.6) is 5.75 Å². The lowest BCUT2D eigenvalue weighted by atomic mass is 10.2. The third kappa shape index (κ3) is 5.46. The molecule has 0 aliphatic carbocycles. The van der Waals surface area contributed by atoms with Crippen LogP contribution in [0.4, 0.5) is 4.39 Å². The van der Waals surface area contributed by atoms with Crippen molar-refractivity contribution in [2.24, 2.45) is 0 Å². The van der Waals surface area contributed by atoms with Crippen molar-refractivity contribution < 1.29 is 13.7 Å². The van der Waals surface area contributed by atoms with E-state index < -0.39 is 17.2 Å². The first-order chi connectivity index (χ1) is 13.4. The normalized spacial score (nSPS) is 18.2. The number of rotatable bonds is 7. The van der Waals surface area contributed by atoms with Gasteiger partial charge in [0, 0.05) is 25.7 Å². The Morgan fingerprint density at radius 1 is 1.32 bits per heavy atom. The second-order valence-electron chi connectivity index (χ2n) is 7.17. The molecule has 1 aliphatic rings. The van der Waals surface area contributed by atoms with E-state index in [9.17, 15) is 8.94 Å². The minimum atomic E-state index is -1.47. The zero-order valence-electron chi connectivity index (χ0n) is 16.0. The van der Waals surface area contributed by atoms with Crippen LogP contribution < -0.4 is 9.46 Å². The van der Waals surface area contributed by atoms with Crippen LogP contribution in [0.1, 0.15) is 31.4 Å². The predicted octanol–water partition coefficient (Wildman–Crippen LogP) is 3.37. The summed E-state index contributed by atoms with van der Waals surface area (Å²) in [6.45, 7) is 6.51. The van der Waals surface area contributed by atoms with Crippen molar-refractivity contribution in [3.05, 3.63) is 59.4 Å². The zero-order valence-corrected chi connectivity index (χ0v) is 16.8. The van der Waals surface area contributed by atoms with E-state index in [4.69, 9.17) is 10.00 Å². The van der Waals surface area contributed by atoms with Crippen LogP contribution in [0.25, 0.3) is 0 Å². The number of nitrogens with one attached hydrogen (secondary N) is 1. The van der Waals surface area contributed by atoms with E-state index in [0.29, 0.717) is 4.90 Å². The Labute approximate surface area is 168 Å². The summed E-state index contributed by atoms with van der Waals surface area (Å²) < 4.78 is 34.7. The van der Waals surface area contributed by atoms with Crippen LogP contribution in [0, 0.1) is 17.1 Å². The van der Waals surface area contributed by atoms with Gasteiger partial charge >= 0.3 is 0 Å². The fourth-order valence-electron chi connectivity index (χ4n) is 3.20. The van der Waals surface area contributed by atoms with Crippen molar-refractivity contribution in [2.45, 2.75) is 43.9 Å². The molecule has 2 atom stereocenters. The van der Waals surface area contributed by atoms with Gasteiger partial charge in [0.05, 0.1) is 29.1 Å². The molecular formula is C21H24FN3O2S. The van der Waals surface area contributed by atoms with E-state index in [1.165, 1.54) is 23.8 Å². The van der Waals surface area contributed by atoms with Crippen molar-refractivity contribution in [1.82, 2.24) is 9.62 Å². The van der Waals surface area contributed by atoms with E-state index in [-0.39, 0.29) is 17.7 Å². The standard InChI is InChI=1S/C21H24FN3O2S/c1-15(2)27-19-5-3-16(4-6-19)13-25-10-9-18(14-25)24-28(26)20-7-8-21(22)17(11-20)12-23/h3-8,11,15,18,24H,9-10,13-14H2,1-2H3/t18-,28+/m1/s1. The monoisotopic (exact) mass is 401 g/mol. The molecule has 1 N–H and O–H groups in total. The first-order valence-electron chi connectivity index (χ1n) is 9.30. The highest BCUT2D eigenvalue weighted by atomic mass is 32.2. The Kier molecular flexibility index (Phi) is 6.92. The second-order valence-corrected chi connectivity index (χ2v) is 8.42. The summed E-state index contributed by atoms with van der Waals surface area (Å²) >= 11 is -1.47. The van der Waals surface area contributed by atoms with Crippen molar-refractivity contribution in [3.63, 3.8) is 0 Å². The fraction of sp³-hybridized carbons (Fsp3) is 0.381. The van der Waals surface area contributed by atoms with Crippen LogP contribution in [0.3, 0.4) is 0 Å². The van der Waals surface area contributed by atoms with Crippen molar-refractivity contribution in [2.75, 3.05) is 13.1 Å². The highest BCUT2D eigenvalue weighted by Crippen LogP contribution is 2.20. The lowest BCUT2D eigenvalue weighted by Crippen LogP contribution is -2.37. The van der Waals surface area contributed by atoms with Gasteiger partial charge in [-0.25, -0.2) is 4.39 Å². The SMILES string of the molecule is CC(C)Oc1ccc(CN2CC[C@@H](N[S@@+]([O-])c3ccc(F)c(C#N)c3)C2)cc1. The van der Waals surface area contributed by atoms with E-state index in [0.717, 1.165) is 31.8 Å². The maximum atomic E-state index is 13.4. The molecule has 0 unspecified atom stereocenters. The van der Waals surface area contributed by atoms with Gasteiger partial charge in [0.1, 0.15) is 17.6 Å². The third-order valence-electron chi connectivity index (χ3n) is 4.52. The topological polar surface area (TPSA) is 71.3 Å². The van der Waals surface area contributed by atoms with Gasteiger partial charge in [-0.05, 0) is 50.1 Å². The van der Waals surface area contributed by atoms with Gasteiger partial charge < -0.3 is 9.29 Å². The van der Waals surface area contributed by atoms with Crippen LogP contribution in [0.15, 0.2) is 47.4 Å². The van der Waals surface area contributed by atoms with Gasteiger partial charge in [0.15, 0.2) is 4.90 Å². The smallest absolute Gasteiger partial charge is 0.175 e. The molecule has 0 saturated carbocycles. The van der Waals surface area contributed by atoms with Crippen LogP contribution in [0.2, 0.25) is 0 Å². The van der Waals surface area contributed by atoms with Gasteiger partial charge in [-0.2, -0.15) is 5.26 Å². The molecule has 0 radical (unpaired) electrons. The van der Waals surface area contributed by atoms with Crippen LogP contribution >= 0.6 is 0 Å². The quantitative estimate of drug-likeness (QED) is 0.721. The highest BCUT2D eigenvalue weighted by Gasteiger charge is 2.27. The Hall–Kier alpha value is -2.11. The van der Waals surface area contributed by atoms with E-state index >= 15 is 0 Å². The van der Waals surface area contributed by atoms with Crippen molar-refractivity contribution in [1.29, 1.82) is 5.26 Å². The molecule has 1 heterocycles. The third-order valence-corrected chi connectivity index (χ3v) is 5.75. The molecule has 7 heteroatoms. The minimum absolute atomic E-state index is 0.0833. The molecule has 3 rings (SSSR count). The number of ether oxygens (including phenoxy) is 1. The molecule has 1 saturated heterocycles. The van der Waals surface area contributed by atoms with Crippen LogP contribution in [-0.4, -0.2) is 34.7 Å². The summed E-state index contributed by atoms with van der Waals surface area (Å²) in [6.07, 6.45) is 1.04. The number of likely N-dealkylation sites (tertiary alicyclic amines) is 1.